The molecular weight excluding hydrogens is 290 g/mol. The van der Waals surface area contributed by atoms with Crippen molar-refractivity contribution in [1.29, 1.82) is 0 Å². The summed E-state index contributed by atoms with van der Waals surface area (Å²) < 4.78 is 5.37. The highest BCUT2D eigenvalue weighted by Crippen LogP contribution is 2.39. The summed E-state index contributed by atoms with van der Waals surface area (Å²) in [6.07, 6.45) is 7.74. The van der Waals surface area contributed by atoms with Gasteiger partial charge in [-0.25, -0.2) is 0 Å². The third-order valence-electron chi connectivity index (χ3n) is 5.65. The predicted octanol–water partition coefficient (Wildman–Crippen LogP) is 2.36. The molecule has 128 valence electrons. The Kier molecular flexibility index (Phi) is 5.05. The van der Waals surface area contributed by atoms with Gasteiger partial charge < -0.3 is 15.6 Å². The van der Waals surface area contributed by atoms with Gasteiger partial charge in [-0.3, -0.25) is 4.79 Å². The molecule has 1 amide bonds. The standard InChI is InChI=1S/C18H29N3O2/c1-3-15-14(16(4-2)23-21-15)10-17(22)20-18-11-6-5-7-12(18)9-13(19)8-11/h11-13,18H,3-10,19H2,1-2H3,(H,20,22). The van der Waals surface area contributed by atoms with Crippen LogP contribution in [0.1, 0.15) is 63.0 Å². The molecule has 0 radical (unpaired) electrons. The molecule has 3 rings (SSSR count). The van der Waals surface area contributed by atoms with Gasteiger partial charge in [0, 0.05) is 24.1 Å². The summed E-state index contributed by atoms with van der Waals surface area (Å²) in [7, 11) is 0. The van der Waals surface area contributed by atoms with Gasteiger partial charge in [-0.15, -0.1) is 0 Å². The van der Waals surface area contributed by atoms with Crippen molar-refractivity contribution in [3.63, 3.8) is 0 Å². The van der Waals surface area contributed by atoms with Crippen LogP contribution in [-0.4, -0.2) is 23.1 Å². The predicted molar refractivity (Wildman–Crippen MR) is 88.9 cm³/mol. The van der Waals surface area contributed by atoms with Crippen LogP contribution >= 0.6 is 0 Å². The van der Waals surface area contributed by atoms with Crippen LogP contribution in [-0.2, 0) is 24.1 Å². The Morgan fingerprint density at radius 3 is 2.57 bits per heavy atom. The molecule has 1 heterocycles. The first-order valence-corrected chi connectivity index (χ1v) is 9.13. The fourth-order valence-electron chi connectivity index (χ4n) is 4.56. The van der Waals surface area contributed by atoms with E-state index in [0.29, 0.717) is 30.3 Å². The number of nitrogens with two attached hydrogens (primary N) is 1. The number of aryl methyl sites for hydroxylation is 2. The number of carbonyl (C=O) groups is 1. The SMILES string of the molecule is CCc1noc(CC)c1CC(=O)NC1C2CCCC1CC(N)C2. The molecule has 0 aliphatic heterocycles. The second-order valence-electron chi connectivity index (χ2n) is 7.19. The van der Waals surface area contributed by atoms with E-state index >= 15 is 0 Å². The molecule has 5 heteroatoms. The Hall–Kier alpha value is -1.36. The van der Waals surface area contributed by atoms with Crippen molar-refractivity contribution in [3.8, 4) is 0 Å². The third kappa shape index (κ3) is 3.44. The molecule has 2 fully saturated rings. The fourth-order valence-corrected chi connectivity index (χ4v) is 4.56. The van der Waals surface area contributed by atoms with Crippen LogP contribution in [0.15, 0.2) is 4.52 Å². The minimum Gasteiger partial charge on any atom is -0.361 e. The highest BCUT2D eigenvalue weighted by atomic mass is 16.5. The number of hydrogen-bond acceptors (Lipinski definition) is 4. The zero-order chi connectivity index (χ0) is 16.4. The van der Waals surface area contributed by atoms with Crippen LogP contribution in [0.5, 0.6) is 0 Å². The molecule has 2 bridgehead atoms. The van der Waals surface area contributed by atoms with Crippen LogP contribution < -0.4 is 11.1 Å². The lowest BCUT2D eigenvalue weighted by molar-refractivity contribution is -0.122. The van der Waals surface area contributed by atoms with E-state index in [0.717, 1.165) is 42.7 Å². The maximum absolute atomic E-state index is 12.6. The molecule has 2 unspecified atom stereocenters. The molecular formula is C18H29N3O2. The number of amides is 1. The zero-order valence-electron chi connectivity index (χ0n) is 14.3. The first kappa shape index (κ1) is 16.5. The van der Waals surface area contributed by atoms with E-state index in [1.165, 1.54) is 19.3 Å². The van der Waals surface area contributed by atoms with E-state index in [9.17, 15) is 4.79 Å². The molecule has 23 heavy (non-hydrogen) atoms. The Labute approximate surface area is 138 Å². The fraction of sp³-hybridized carbons (Fsp3) is 0.778. The molecule has 0 aromatic carbocycles. The average Bonchev–Trinajstić information content (AvgIpc) is 2.90. The number of hydrogen-bond donors (Lipinski definition) is 2. The smallest absolute Gasteiger partial charge is 0.224 e. The maximum atomic E-state index is 12.6. The first-order valence-electron chi connectivity index (χ1n) is 9.13. The van der Waals surface area contributed by atoms with Gasteiger partial charge in [0.1, 0.15) is 5.76 Å². The van der Waals surface area contributed by atoms with Crippen LogP contribution in [0.25, 0.3) is 0 Å². The van der Waals surface area contributed by atoms with Crippen molar-refractivity contribution in [1.82, 2.24) is 10.5 Å². The summed E-state index contributed by atoms with van der Waals surface area (Å²) in [6.45, 7) is 4.08. The van der Waals surface area contributed by atoms with E-state index in [4.69, 9.17) is 10.3 Å². The molecule has 2 aliphatic carbocycles. The van der Waals surface area contributed by atoms with Crippen molar-refractivity contribution in [2.45, 2.75) is 77.3 Å². The number of carbonyl (C=O) groups excluding carboxylic acids is 1. The minimum atomic E-state index is 0.106. The van der Waals surface area contributed by atoms with Crippen LogP contribution in [0.3, 0.4) is 0 Å². The van der Waals surface area contributed by atoms with Crippen molar-refractivity contribution in [3.05, 3.63) is 17.0 Å². The summed E-state index contributed by atoms with van der Waals surface area (Å²) in [5, 5.41) is 7.42. The summed E-state index contributed by atoms with van der Waals surface area (Å²) in [5.74, 6) is 2.07. The summed E-state index contributed by atoms with van der Waals surface area (Å²) in [5.41, 5.74) is 8.08. The quantitative estimate of drug-likeness (QED) is 0.873. The second-order valence-corrected chi connectivity index (χ2v) is 7.19. The topological polar surface area (TPSA) is 81.2 Å². The average molecular weight is 319 g/mol. The minimum absolute atomic E-state index is 0.106. The van der Waals surface area contributed by atoms with Gasteiger partial charge in [-0.2, -0.15) is 0 Å². The second kappa shape index (κ2) is 7.04. The van der Waals surface area contributed by atoms with Crippen molar-refractivity contribution in [2.24, 2.45) is 17.6 Å². The molecule has 2 atom stereocenters. The van der Waals surface area contributed by atoms with Crippen LogP contribution in [0.4, 0.5) is 0 Å². The molecule has 1 aromatic rings. The molecule has 2 aliphatic rings. The lowest BCUT2D eigenvalue weighted by Crippen LogP contribution is -2.54. The Balaban J connectivity index is 1.67. The Morgan fingerprint density at radius 2 is 1.96 bits per heavy atom. The van der Waals surface area contributed by atoms with E-state index in [1.54, 1.807) is 0 Å². The summed E-state index contributed by atoms with van der Waals surface area (Å²) in [4.78, 5) is 12.6. The Morgan fingerprint density at radius 1 is 1.26 bits per heavy atom. The highest BCUT2D eigenvalue weighted by Gasteiger charge is 2.39. The largest absolute Gasteiger partial charge is 0.361 e. The van der Waals surface area contributed by atoms with Crippen molar-refractivity contribution in [2.75, 3.05) is 0 Å². The van der Waals surface area contributed by atoms with E-state index < -0.39 is 0 Å². The Bertz CT molecular complexity index is 519. The molecule has 3 N–H and O–H groups in total. The van der Waals surface area contributed by atoms with E-state index in [-0.39, 0.29) is 5.91 Å². The molecule has 0 saturated heterocycles. The van der Waals surface area contributed by atoms with Gasteiger partial charge in [0.05, 0.1) is 12.1 Å². The molecule has 1 aromatic heterocycles. The van der Waals surface area contributed by atoms with E-state index in [2.05, 4.69) is 10.5 Å². The van der Waals surface area contributed by atoms with Crippen LogP contribution in [0.2, 0.25) is 0 Å². The van der Waals surface area contributed by atoms with Gasteiger partial charge in [-0.1, -0.05) is 25.4 Å². The molecule has 2 saturated carbocycles. The monoisotopic (exact) mass is 319 g/mol. The number of nitrogens with one attached hydrogen (secondary N) is 1. The number of fused-ring (bicyclic) bond motifs is 2. The number of rotatable bonds is 5. The summed E-state index contributed by atoms with van der Waals surface area (Å²) in [6, 6.07) is 0.626. The summed E-state index contributed by atoms with van der Waals surface area (Å²) >= 11 is 0. The van der Waals surface area contributed by atoms with Crippen molar-refractivity contribution >= 4 is 5.91 Å². The molecule has 0 spiro atoms. The zero-order valence-corrected chi connectivity index (χ0v) is 14.3. The third-order valence-corrected chi connectivity index (χ3v) is 5.65. The first-order chi connectivity index (χ1) is 11.1. The number of aromatic nitrogens is 1. The van der Waals surface area contributed by atoms with Gasteiger partial charge >= 0.3 is 0 Å². The lowest BCUT2D eigenvalue weighted by Gasteiger charge is -2.45. The number of nitrogens with zero attached hydrogens (tertiary/aromatic N) is 1. The van der Waals surface area contributed by atoms with Gasteiger partial charge in [0.15, 0.2) is 0 Å². The lowest BCUT2D eigenvalue weighted by atomic mass is 9.67. The highest BCUT2D eigenvalue weighted by molar-refractivity contribution is 5.79. The van der Waals surface area contributed by atoms with Gasteiger partial charge in [0.25, 0.3) is 0 Å². The van der Waals surface area contributed by atoms with Gasteiger partial charge in [0.2, 0.25) is 5.91 Å². The van der Waals surface area contributed by atoms with E-state index in [1.807, 2.05) is 13.8 Å². The van der Waals surface area contributed by atoms with Crippen molar-refractivity contribution < 1.29 is 9.32 Å². The maximum Gasteiger partial charge on any atom is 0.224 e. The van der Waals surface area contributed by atoms with Gasteiger partial charge in [-0.05, 0) is 43.9 Å². The normalized spacial score (nSPS) is 30.2. The molecule has 5 nitrogen and oxygen atoms in total. The van der Waals surface area contributed by atoms with Crippen LogP contribution in [0, 0.1) is 11.8 Å².